The Hall–Kier alpha value is -4.72. The van der Waals surface area contributed by atoms with Gasteiger partial charge in [-0.2, -0.15) is 5.10 Å². The van der Waals surface area contributed by atoms with Crippen molar-refractivity contribution >= 4 is 28.2 Å². The number of nitrogens with one attached hydrogen (secondary N) is 2. The number of amides is 1. The Morgan fingerprint density at radius 2 is 1.78 bits per heavy atom. The van der Waals surface area contributed by atoms with Crippen molar-refractivity contribution in [2.75, 3.05) is 23.3 Å². The third-order valence-electron chi connectivity index (χ3n) is 6.54. The van der Waals surface area contributed by atoms with Gasteiger partial charge in [0.15, 0.2) is 5.69 Å². The predicted molar refractivity (Wildman–Crippen MR) is 144 cm³/mol. The van der Waals surface area contributed by atoms with Crippen LogP contribution in [-0.2, 0) is 0 Å². The molecule has 1 saturated heterocycles. The molecule has 8 heteroatoms. The van der Waals surface area contributed by atoms with Gasteiger partial charge < -0.3 is 15.0 Å². The fraction of sp³-hybridized carbons (Fsp3) is 0.172. The van der Waals surface area contributed by atoms with E-state index in [1.807, 2.05) is 61.8 Å². The first-order valence-corrected chi connectivity index (χ1v) is 12.3. The average molecular weight is 491 g/mol. The molecular formula is C29H26N6O2. The van der Waals surface area contributed by atoms with Crippen LogP contribution in [0.2, 0.25) is 0 Å². The van der Waals surface area contributed by atoms with Crippen molar-refractivity contribution < 1.29 is 9.53 Å². The van der Waals surface area contributed by atoms with Crippen LogP contribution < -0.4 is 15.0 Å². The molecule has 0 aliphatic carbocycles. The fourth-order valence-corrected chi connectivity index (χ4v) is 4.53. The summed E-state index contributed by atoms with van der Waals surface area (Å²) >= 11 is 0. The minimum Gasteiger partial charge on any atom is -0.439 e. The summed E-state index contributed by atoms with van der Waals surface area (Å²) in [6.07, 6.45) is 7.75. The minimum atomic E-state index is -0.318. The zero-order chi connectivity index (χ0) is 25.2. The summed E-state index contributed by atoms with van der Waals surface area (Å²) in [5.41, 5.74) is 5.93. The standard InChI is InChI=1S/C29H26N6O2/c1-19-4-8-24(9-5-19)37-27-11-7-22(17-31-27)32-29(36)28-25-15-20(6-10-26(25)33-34-28)21-14-23(18-30-16-21)35-12-2-3-13-35/h4-11,14-18H,2-3,12-13H2,1H3,(H,32,36)(H,33,34). The van der Waals surface area contributed by atoms with Gasteiger partial charge in [-0.05, 0) is 61.7 Å². The van der Waals surface area contributed by atoms with Gasteiger partial charge in [0.1, 0.15) is 5.75 Å². The first-order chi connectivity index (χ1) is 18.1. The van der Waals surface area contributed by atoms with E-state index < -0.39 is 0 Å². The van der Waals surface area contributed by atoms with Crippen LogP contribution in [-0.4, -0.2) is 39.2 Å². The van der Waals surface area contributed by atoms with Gasteiger partial charge in [0.2, 0.25) is 5.88 Å². The number of pyridine rings is 2. The maximum Gasteiger partial charge on any atom is 0.276 e. The lowest BCUT2D eigenvalue weighted by Crippen LogP contribution is -2.17. The van der Waals surface area contributed by atoms with Gasteiger partial charge in [-0.25, -0.2) is 4.98 Å². The highest BCUT2D eigenvalue weighted by atomic mass is 16.5. The number of H-pyrrole nitrogens is 1. The first-order valence-electron chi connectivity index (χ1n) is 12.3. The molecule has 0 spiro atoms. The number of fused-ring (bicyclic) bond motifs is 1. The van der Waals surface area contributed by atoms with Crippen molar-refractivity contribution in [3.05, 3.63) is 90.5 Å². The number of aromatic nitrogens is 4. The van der Waals surface area contributed by atoms with Crippen molar-refractivity contribution in [2.45, 2.75) is 19.8 Å². The molecule has 2 aromatic carbocycles. The van der Waals surface area contributed by atoms with Crippen LogP contribution >= 0.6 is 0 Å². The SMILES string of the molecule is Cc1ccc(Oc2ccc(NC(=O)c3n[nH]c4ccc(-c5cncc(N6CCCC6)c5)cc34)cn2)cc1. The molecule has 3 aromatic heterocycles. The third kappa shape index (κ3) is 4.86. The number of carbonyl (C=O) groups is 1. The Balaban J connectivity index is 1.20. The van der Waals surface area contributed by atoms with Crippen molar-refractivity contribution in [1.82, 2.24) is 20.2 Å². The van der Waals surface area contributed by atoms with Gasteiger partial charge in [0.05, 0.1) is 29.3 Å². The molecule has 1 aliphatic rings. The largest absolute Gasteiger partial charge is 0.439 e. The molecule has 1 fully saturated rings. The number of hydrogen-bond donors (Lipinski definition) is 2. The zero-order valence-corrected chi connectivity index (χ0v) is 20.4. The van der Waals surface area contributed by atoms with Gasteiger partial charge in [-0.1, -0.05) is 23.8 Å². The number of hydrogen-bond acceptors (Lipinski definition) is 6. The molecule has 0 radical (unpaired) electrons. The summed E-state index contributed by atoms with van der Waals surface area (Å²) in [6.45, 7) is 4.14. The zero-order valence-electron chi connectivity index (χ0n) is 20.4. The Morgan fingerprint density at radius 1 is 0.946 bits per heavy atom. The van der Waals surface area contributed by atoms with Crippen molar-refractivity contribution in [3.8, 4) is 22.8 Å². The van der Waals surface area contributed by atoms with Crippen molar-refractivity contribution in [2.24, 2.45) is 0 Å². The molecular weight excluding hydrogens is 464 g/mol. The van der Waals surface area contributed by atoms with E-state index in [0.29, 0.717) is 23.0 Å². The highest BCUT2D eigenvalue weighted by molar-refractivity contribution is 6.11. The molecule has 4 heterocycles. The molecule has 5 aromatic rings. The number of aryl methyl sites for hydroxylation is 1. The molecule has 184 valence electrons. The van der Waals surface area contributed by atoms with Gasteiger partial charge in [0, 0.05) is 36.3 Å². The number of rotatable bonds is 6. The first kappa shape index (κ1) is 22.7. The fourth-order valence-electron chi connectivity index (χ4n) is 4.53. The Labute approximate surface area is 214 Å². The van der Waals surface area contributed by atoms with E-state index in [9.17, 15) is 4.79 Å². The quantitative estimate of drug-likeness (QED) is 0.304. The van der Waals surface area contributed by atoms with Crippen LogP contribution in [0.3, 0.4) is 0 Å². The number of carbonyl (C=O) groups excluding carboxylic acids is 1. The highest BCUT2D eigenvalue weighted by Gasteiger charge is 2.17. The molecule has 6 rings (SSSR count). The van der Waals surface area contributed by atoms with E-state index in [2.05, 4.69) is 36.4 Å². The lowest BCUT2D eigenvalue weighted by atomic mass is 10.0. The Morgan fingerprint density at radius 3 is 2.57 bits per heavy atom. The maximum absolute atomic E-state index is 13.1. The van der Waals surface area contributed by atoms with E-state index in [4.69, 9.17) is 4.74 Å². The number of nitrogens with zero attached hydrogens (tertiary/aromatic N) is 4. The van der Waals surface area contributed by atoms with E-state index in [-0.39, 0.29) is 5.91 Å². The smallest absolute Gasteiger partial charge is 0.276 e. The maximum atomic E-state index is 13.1. The van der Waals surface area contributed by atoms with Gasteiger partial charge in [0.25, 0.3) is 5.91 Å². The molecule has 1 amide bonds. The second kappa shape index (κ2) is 9.73. The minimum absolute atomic E-state index is 0.318. The summed E-state index contributed by atoms with van der Waals surface area (Å²) < 4.78 is 5.77. The van der Waals surface area contributed by atoms with Crippen LogP contribution in [0.1, 0.15) is 28.9 Å². The van der Waals surface area contributed by atoms with Crippen LogP contribution in [0, 0.1) is 6.92 Å². The average Bonchev–Trinajstić information content (AvgIpc) is 3.61. The normalized spacial score (nSPS) is 13.2. The van der Waals surface area contributed by atoms with Crippen molar-refractivity contribution in [3.63, 3.8) is 0 Å². The summed E-state index contributed by atoms with van der Waals surface area (Å²) in [5, 5.41) is 10.9. The van der Waals surface area contributed by atoms with E-state index in [0.717, 1.165) is 46.4 Å². The molecule has 1 aliphatic heterocycles. The molecule has 37 heavy (non-hydrogen) atoms. The summed E-state index contributed by atoms with van der Waals surface area (Å²) in [4.78, 5) is 24.2. The van der Waals surface area contributed by atoms with Gasteiger partial charge in [-0.3, -0.25) is 14.9 Å². The molecule has 0 atom stereocenters. The topological polar surface area (TPSA) is 96.0 Å². The number of aromatic amines is 1. The van der Waals surface area contributed by atoms with E-state index >= 15 is 0 Å². The number of anilines is 2. The third-order valence-corrected chi connectivity index (χ3v) is 6.54. The molecule has 0 unspecified atom stereocenters. The Bertz CT molecular complexity index is 1550. The van der Waals surface area contributed by atoms with E-state index in [1.54, 1.807) is 18.3 Å². The summed E-state index contributed by atoms with van der Waals surface area (Å²) in [6, 6.07) is 19.3. The number of benzene rings is 2. The summed E-state index contributed by atoms with van der Waals surface area (Å²) in [5.74, 6) is 0.831. The second-order valence-corrected chi connectivity index (χ2v) is 9.21. The molecule has 8 nitrogen and oxygen atoms in total. The monoisotopic (exact) mass is 490 g/mol. The lowest BCUT2D eigenvalue weighted by molar-refractivity contribution is 0.102. The van der Waals surface area contributed by atoms with Crippen LogP contribution in [0.4, 0.5) is 11.4 Å². The molecule has 0 bridgehead atoms. The van der Waals surface area contributed by atoms with Crippen LogP contribution in [0.5, 0.6) is 11.6 Å². The Kier molecular flexibility index (Phi) is 5.98. The molecule has 2 N–H and O–H groups in total. The van der Waals surface area contributed by atoms with E-state index in [1.165, 1.54) is 12.8 Å². The highest BCUT2D eigenvalue weighted by Crippen LogP contribution is 2.29. The van der Waals surface area contributed by atoms with Crippen LogP contribution in [0.25, 0.3) is 22.0 Å². The number of ether oxygens (including phenoxy) is 1. The second-order valence-electron chi connectivity index (χ2n) is 9.21. The van der Waals surface area contributed by atoms with Gasteiger partial charge in [-0.15, -0.1) is 0 Å². The predicted octanol–water partition coefficient (Wildman–Crippen LogP) is 5.97. The lowest BCUT2D eigenvalue weighted by Gasteiger charge is -2.17. The van der Waals surface area contributed by atoms with Gasteiger partial charge >= 0.3 is 0 Å². The summed E-state index contributed by atoms with van der Waals surface area (Å²) in [7, 11) is 0. The molecule has 0 saturated carbocycles. The van der Waals surface area contributed by atoms with Crippen LogP contribution in [0.15, 0.2) is 79.3 Å². The van der Waals surface area contributed by atoms with Crippen molar-refractivity contribution in [1.29, 1.82) is 0 Å².